The van der Waals surface area contributed by atoms with Crippen molar-refractivity contribution in [2.45, 2.75) is 32.5 Å². The van der Waals surface area contributed by atoms with E-state index in [0.29, 0.717) is 22.2 Å². The standard InChI is InChI=1S/C14H17IN2O4/c1-9-7-16(8-14(2,3)21-9)13(18)11-6-10(17(19)20)4-5-12(11)15/h4-6,9H,7-8H2,1-3H3. The Morgan fingerprint density at radius 3 is 2.76 bits per heavy atom. The van der Waals surface area contributed by atoms with Crippen LogP contribution < -0.4 is 0 Å². The number of amides is 1. The van der Waals surface area contributed by atoms with Crippen LogP contribution >= 0.6 is 22.6 Å². The molecule has 0 aliphatic carbocycles. The summed E-state index contributed by atoms with van der Waals surface area (Å²) in [7, 11) is 0. The number of hydrogen-bond donors (Lipinski definition) is 0. The van der Waals surface area contributed by atoms with Crippen molar-refractivity contribution in [3.05, 3.63) is 37.4 Å². The summed E-state index contributed by atoms with van der Waals surface area (Å²) < 4.78 is 6.49. The minimum atomic E-state index is -0.487. The Balaban J connectivity index is 2.31. The lowest BCUT2D eigenvalue weighted by Crippen LogP contribution is -2.53. The highest BCUT2D eigenvalue weighted by Crippen LogP contribution is 2.25. The van der Waals surface area contributed by atoms with Gasteiger partial charge in [-0.25, -0.2) is 0 Å². The van der Waals surface area contributed by atoms with Crippen LogP contribution in [0.1, 0.15) is 31.1 Å². The Morgan fingerprint density at radius 2 is 2.19 bits per heavy atom. The highest BCUT2D eigenvalue weighted by atomic mass is 127. The third-order valence-electron chi connectivity index (χ3n) is 3.25. The lowest BCUT2D eigenvalue weighted by Gasteiger charge is -2.41. The number of nitro benzene ring substituents is 1. The van der Waals surface area contributed by atoms with Gasteiger partial charge in [-0.1, -0.05) is 0 Å². The molecule has 1 unspecified atom stereocenters. The number of nitrogens with zero attached hydrogens (tertiary/aromatic N) is 2. The van der Waals surface area contributed by atoms with E-state index in [-0.39, 0.29) is 17.7 Å². The summed E-state index contributed by atoms with van der Waals surface area (Å²) in [5.41, 5.74) is -0.117. The number of nitro groups is 1. The maximum absolute atomic E-state index is 12.7. The van der Waals surface area contributed by atoms with E-state index in [4.69, 9.17) is 4.74 Å². The molecule has 0 bridgehead atoms. The first-order chi connectivity index (χ1) is 9.69. The van der Waals surface area contributed by atoms with Crippen molar-refractivity contribution >= 4 is 34.2 Å². The molecule has 1 fully saturated rings. The normalized spacial score (nSPS) is 21.1. The smallest absolute Gasteiger partial charge is 0.270 e. The number of halogens is 1. The quantitative estimate of drug-likeness (QED) is 0.432. The largest absolute Gasteiger partial charge is 0.369 e. The SMILES string of the molecule is CC1CN(C(=O)c2cc([N+](=O)[O-])ccc2I)CC(C)(C)O1. The summed E-state index contributed by atoms with van der Waals surface area (Å²) in [5.74, 6) is -0.189. The monoisotopic (exact) mass is 404 g/mol. The van der Waals surface area contributed by atoms with Crippen molar-refractivity contribution in [1.29, 1.82) is 0 Å². The van der Waals surface area contributed by atoms with E-state index in [1.165, 1.54) is 12.1 Å². The van der Waals surface area contributed by atoms with Crippen molar-refractivity contribution in [2.75, 3.05) is 13.1 Å². The van der Waals surface area contributed by atoms with Crippen LogP contribution in [0.15, 0.2) is 18.2 Å². The number of hydrogen-bond acceptors (Lipinski definition) is 4. The Morgan fingerprint density at radius 1 is 1.52 bits per heavy atom. The van der Waals surface area contributed by atoms with Gasteiger partial charge in [0.05, 0.1) is 22.2 Å². The van der Waals surface area contributed by atoms with Crippen molar-refractivity contribution in [3.63, 3.8) is 0 Å². The zero-order valence-corrected chi connectivity index (χ0v) is 14.3. The number of carbonyl (C=O) groups is 1. The fraction of sp³-hybridized carbons (Fsp3) is 0.500. The van der Waals surface area contributed by atoms with Crippen LogP contribution in [0.25, 0.3) is 0 Å². The molecule has 21 heavy (non-hydrogen) atoms. The molecule has 1 aromatic rings. The summed E-state index contributed by atoms with van der Waals surface area (Å²) in [4.78, 5) is 24.8. The van der Waals surface area contributed by atoms with Crippen molar-refractivity contribution < 1.29 is 14.5 Å². The van der Waals surface area contributed by atoms with E-state index in [1.54, 1.807) is 11.0 Å². The predicted octanol–water partition coefficient (Wildman–Crippen LogP) is 2.84. The first-order valence-corrected chi connectivity index (χ1v) is 7.68. The molecule has 6 nitrogen and oxygen atoms in total. The molecule has 1 saturated heterocycles. The third-order valence-corrected chi connectivity index (χ3v) is 4.19. The molecular formula is C14H17IN2O4. The minimum absolute atomic E-state index is 0.0611. The maximum atomic E-state index is 12.7. The van der Waals surface area contributed by atoms with Gasteiger partial charge in [0.25, 0.3) is 11.6 Å². The Labute approximate surface area is 136 Å². The van der Waals surface area contributed by atoms with Crippen molar-refractivity contribution in [1.82, 2.24) is 4.90 Å². The Kier molecular flexibility index (Phi) is 4.52. The number of ether oxygens (including phenoxy) is 1. The van der Waals surface area contributed by atoms with Crippen LogP contribution in [0.4, 0.5) is 5.69 Å². The molecule has 1 aliphatic heterocycles. The molecule has 1 aromatic carbocycles. The molecule has 1 heterocycles. The molecule has 0 saturated carbocycles. The van der Waals surface area contributed by atoms with Crippen LogP contribution in [0, 0.1) is 13.7 Å². The first kappa shape index (κ1) is 16.2. The average molecular weight is 404 g/mol. The van der Waals surface area contributed by atoms with Crippen LogP contribution in [0.3, 0.4) is 0 Å². The minimum Gasteiger partial charge on any atom is -0.369 e. The van der Waals surface area contributed by atoms with E-state index in [1.807, 2.05) is 43.4 Å². The van der Waals surface area contributed by atoms with Crippen LogP contribution in [0.5, 0.6) is 0 Å². The molecule has 7 heteroatoms. The van der Waals surface area contributed by atoms with Gasteiger partial charge in [0.1, 0.15) is 0 Å². The van der Waals surface area contributed by atoms with E-state index >= 15 is 0 Å². The maximum Gasteiger partial charge on any atom is 0.270 e. The van der Waals surface area contributed by atoms with Gasteiger partial charge in [0.15, 0.2) is 0 Å². The summed E-state index contributed by atoms with van der Waals surface area (Å²) in [5, 5.41) is 10.9. The van der Waals surface area contributed by atoms with Crippen molar-refractivity contribution in [2.24, 2.45) is 0 Å². The van der Waals surface area contributed by atoms with Gasteiger partial charge in [-0.05, 0) is 49.4 Å². The number of rotatable bonds is 2. The molecule has 1 amide bonds. The van der Waals surface area contributed by atoms with Crippen LogP contribution in [0.2, 0.25) is 0 Å². The number of non-ortho nitro benzene ring substituents is 1. The van der Waals surface area contributed by atoms with Gasteiger partial charge < -0.3 is 9.64 Å². The molecule has 0 aromatic heterocycles. The van der Waals surface area contributed by atoms with E-state index in [9.17, 15) is 14.9 Å². The highest BCUT2D eigenvalue weighted by molar-refractivity contribution is 14.1. The first-order valence-electron chi connectivity index (χ1n) is 6.60. The van der Waals surface area contributed by atoms with Gasteiger partial charge in [0, 0.05) is 28.8 Å². The third kappa shape index (κ3) is 3.70. The summed E-state index contributed by atoms with van der Waals surface area (Å²) in [6.45, 7) is 6.73. The van der Waals surface area contributed by atoms with Crippen molar-refractivity contribution in [3.8, 4) is 0 Å². The Bertz CT molecular complexity index is 588. The molecule has 0 N–H and O–H groups in total. The lowest BCUT2D eigenvalue weighted by atomic mass is 10.0. The van der Waals surface area contributed by atoms with Crippen LogP contribution in [-0.2, 0) is 4.74 Å². The molecule has 2 rings (SSSR count). The summed E-state index contributed by atoms with van der Waals surface area (Å²) in [6.07, 6.45) is -0.0611. The lowest BCUT2D eigenvalue weighted by molar-refractivity contribution is -0.384. The zero-order valence-electron chi connectivity index (χ0n) is 12.1. The summed E-state index contributed by atoms with van der Waals surface area (Å²) in [6, 6.07) is 4.35. The van der Waals surface area contributed by atoms with E-state index < -0.39 is 10.5 Å². The molecule has 0 radical (unpaired) electrons. The fourth-order valence-corrected chi connectivity index (χ4v) is 3.14. The topological polar surface area (TPSA) is 72.7 Å². The summed E-state index contributed by atoms with van der Waals surface area (Å²) >= 11 is 2.02. The van der Waals surface area contributed by atoms with E-state index in [0.717, 1.165) is 0 Å². The van der Waals surface area contributed by atoms with Gasteiger partial charge >= 0.3 is 0 Å². The molecule has 1 aliphatic rings. The average Bonchev–Trinajstić information content (AvgIpc) is 2.35. The van der Waals surface area contributed by atoms with Gasteiger partial charge in [-0.2, -0.15) is 0 Å². The zero-order chi connectivity index (χ0) is 15.8. The second kappa shape index (κ2) is 5.88. The predicted molar refractivity (Wildman–Crippen MR) is 86.3 cm³/mol. The van der Waals surface area contributed by atoms with E-state index in [2.05, 4.69) is 0 Å². The molecule has 114 valence electrons. The number of carbonyl (C=O) groups excluding carboxylic acids is 1. The Hall–Kier alpha value is -1.22. The molecule has 1 atom stereocenters. The fourth-order valence-electron chi connectivity index (χ4n) is 2.57. The van der Waals surface area contributed by atoms with Gasteiger partial charge in [0.2, 0.25) is 0 Å². The second-order valence-electron chi connectivity index (χ2n) is 5.80. The van der Waals surface area contributed by atoms with Crippen LogP contribution in [-0.4, -0.2) is 40.5 Å². The van der Waals surface area contributed by atoms with Gasteiger partial charge in [-0.15, -0.1) is 0 Å². The highest BCUT2D eigenvalue weighted by Gasteiger charge is 2.34. The molecular weight excluding hydrogens is 387 g/mol. The molecule has 0 spiro atoms. The number of benzene rings is 1. The second-order valence-corrected chi connectivity index (χ2v) is 6.96. The van der Waals surface area contributed by atoms with Gasteiger partial charge in [-0.3, -0.25) is 14.9 Å². The number of morpholine rings is 1.